The Bertz CT molecular complexity index is 846. The number of carbonyl (C=O) groups is 2. The molecule has 27 heavy (non-hydrogen) atoms. The van der Waals surface area contributed by atoms with Crippen molar-refractivity contribution in [3.8, 4) is 0 Å². The molecular weight excluding hydrogens is 344 g/mol. The van der Waals surface area contributed by atoms with Gasteiger partial charge in [-0.15, -0.1) is 0 Å². The van der Waals surface area contributed by atoms with Crippen molar-refractivity contribution in [2.75, 3.05) is 19.6 Å². The number of nitrogens with zero attached hydrogens (tertiary/aromatic N) is 5. The summed E-state index contributed by atoms with van der Waals surface area (Å²) in [4.78, 5) is 37.3. The fraction of sp³-hybridized carbons (Fsp3) is 0.579. The van der Waals surface area contributed by atoms with Crippen LogP contribution < -0.4 is 0 Å². The van der Waals surface area contributed by atoms with Crippen molar-refractivity contribution < 1.29 is 9.59 Å². The molecule has 4 rings (SSSR count). The average molecular weight is 370 g/mol. The molecule has 0 radical (unpaired) electrons. The van der Waals surface area contributed by atoms with E-state index in [1.165, 1.54) is 0 Å². The van der Waals surface area contributed by atoms with Gasteiger partial charge in [0.15, 0.2) is 0 Å². The summed E-state index contributed by atoms with van der Waals surface area (Å²) in [5.41, 5.74) is 2.34. The quantitative estimate of drug-likeness (QED) is 0.888. The van der Waals surface area contributed by atoms with E-state index in [1.54, 1.807) is 23.3 Å². The number of fused-ring (bicyclic) bond motifs is 2. The van der Waals surface area contributed by atoms with Crippen LogP contribution in [0.5, 0.6) is 0 Å². The predicted molar refractivity (Wildman–Crippen MR) is 99.0 cm³/mol. The molecule has 2 aromatic rings. The van der Waals surface area contributed by atoms with Crippen LogP contribution in [0.15, 0.2) is 18.6 Å². The lowest BCUT2D eigenvalue weighted by atomic mass is 9.78. The summed E-state index contributed by atoms with van der Waals surface area (Å²) in [6, 6.07) is 1.77. The number of rotatable bonds is 3. The number of imidazole rings is 1. The molecule has 4 heterocycles. The molecule has 0 aromatic carbocycles. The Morgan fingerprint density at radius 1 is 1.22 bits per heavy atom. The van der Waals surface area contributed by atoms with Crippen molar-refractivity contribution >= 4 is 11.8 Å². The van der Waals surface area contributed by atoms with Gasteiger partial charge in [0.2, 0.25) is 5.91 Å². The second kappa shape index (κ2) is 6.83. The number of aryl methyl sites for hydroxylation is 1. The van der Waals surface area contributed by atoms with Crippen LogP contribution in [0.2, 0.25) is 0 Å². The van der Waals surface area contributed by atoms with Crippen LogP contribution in [-0.4, -0.2) is 61.0 Å². The number of nitrogens with one attached hydrogen (secondary N) is 1. The van der Waals surface area contributed by atoms with Gasteiger partial charge in [-0.05, 0) is 25.8 Å². The summed E-state index contributed by atoms with van der Waals surface area (Å²) in [5, 5.41) is 4.21. The first-order chi connectivity index (χ1) is 13.1. The van der Waals surface area contributed by atoms with Gasteiger partial charge in [-0.3, -0.25) is 14.3 Å². The van der Waals surface area contributed by atoms with Crippen molar-refractivity contribution in [3.63, 3.8) is 0 Å². The van der Waals surface area contributed by atoms with Crippen molar-refractivity contribution in [2.24, 2.45) is 0 Å². The van der Waals surface area contributed by atoms with Gasteiger partial charge in [0.25, 0.3) is 5.91 Å². The maximum absolute atomic E-state index is 12.9. The molecule has 0 saturated carbocycles. The van der Waals surface area contributed by atoms with Gasteiger partial charge in [0.05, 0.1) is 17.6 Å². The lowest BCUT2D eigenvalue weighted by molar-refractivity contribution is -0.141. The Morgan fingerprint density at radius 3 is 2.70 bits per heavy atom. The molecule has 1 N–H and O–H groups in total. The third kappa shape index (κ3) is 2.74. The molecule has 1 fully saturated rings. The number of aromatic nitrogens is 4. The molecule has 1 spiro atoms. The van der Waals surface area contributed by atoms with E-state index in [2.05, 4.69) is 15.1 Å². The average Bonchev–Trinajstić information content (AvgIpc) is 3.37. The summed E-state index contributed by atoms with van der Waals surface area (Å²) in [6.07, 6.45) is 6.11. The van der Waals surface area contributed by atoms with Crippen LogP contribution in [0.3, 0.4) is 0 Å². The molecule has 2 amide bonds. The number of amides is 2. The second-order valence-corrected chi connectivity index (χ2v) is 7.23. The Kier molecular flexibility index (Phi) is 4.49. The van der Waals surface area contributed by atoms with Gasteiger partial charge >= 0.3 is 0 Å². The van der Waals surface area contributed by atoms with E-state index in [0.29, 0.717) is 51.1 Å². The number of likely N-dealkylation sites (tertiary alicyclic amines) is 1. The number of hydrogen-bond acceptors (Lipinski definition) is 4. The van der Waals surface area contributed by atoms with E-state index in [0.717, 1.165) is 17.8 Å². The topological polar surface area (TPSA) is 87.1 Å². The summed E-state index contributed by atoms with van der Waals surface area (Å²) in [5.74, 6) is 0.170. The van der Waals surface area contributed by atoms with E-state index in [1.807, 2.05) is 23.6 Å². The zero-order valence-electron chi connectivity index (χ0n) is 15.9. The first kappa shape index (κ1) is 17.8. The summed E-state index contributed by atoms with van der Waals surface area (Å²) in [6.45, 7) is 6.46. The molecule has 1 saturated heterocycles. The highest BCUT2D eigenvalue weighted by Gasteiger charge is 2.48. The Labute approximate surface area is 158 Å². The summed E-state index contributed by atoms with van der Waals surface area (Å²) < 4.78 is 1.73. The fourth-order valence-corrected chi connectivity index (χ4v) is 4.55. The maximum Gasteiger partial charge on any atom is 0.272 e. The normalized spacial score (nSPS) is 18.6. The zero-order chi connectivity index (χ0) is 19.0. The molecule has 2 aromatic heterocycles. The largest absolute Gasteiger partial charge is 0.348 e. The number of hydrogen-bond donors (Lipinski definition) is 1. The smallest absolute Gasteiger partial charge is 0.272 e. The molecule has 2 aliphatic heterocycles. The lowest BCUT2D eigenvalue weighted by Crippen LogP contribution is -2.58. The van der Waals surface area contributed by atoms with Crippen LogP contribution in [-0.2, 0) is 23.3 Å². The molecule has 0 bridgehead atoms. The molecule has 2 aliphatic rings. The third-order valence-corrected chi connectivity index (χ3v) is 5.98. The number of H-pyrrole nitrogens is 1. The van der Waals surface area contributed by atoms with E-state index >= 15 is 0 Å². The molecule has 0 unspecified atom stereocenters. The maximum atomic E-state index is 12.9. The molecule has 8 heteroatoms. The molecule has 144 valence electrons. The third-order valence-electron chi connectivity index (χ3n) is 5.98. The first-order valence-electron chi connectivity index (χ1n) is 9.75. The van der Waals surface area contributed by atoms with E-state index in [9.17, 15) is 9.59 Å². The SMILES string of the molecule is CCC(=O)N1CCc2[nH]cnc2C12CCN(C(=O)c1ccnn1CC)CC2. The second-order valence-electron chi connectivity index (χ2n) is 7.23. The van der Waals surface area contributed by atoms with Crippen molar-refractivity contribution in [3.05, 3.63) is 35.7 Å². The standard InChI is InChI=1S/C19H26N6O2/c1-3-16(26)24-10-6-14-17(21-13-20-14)19(24)7-11-23(12-8-19)18(27)15-5-9-22-25(15)4-2/h5,9,13H,3-4,6-8,10-12H2,1-2H3,(H,20,21). The van der Waals surface area contributed by atoms with Crippen LogP contribution in [0, 0.1) is 0 Å². The van der Waals surface area contributed by atoms with E-state index < -0.39 is 5.54 Å². The molecule has 8 nitrogen and oxygen atoms in total. The van der Waals surface area contributed by atoms with E-state index in [-0.39, 0.29) is 11.8 Å². The van der Waals surface area contributed by atoms with Gasteiger partial charge in [-0.1, -0.05) is 6.92 Å². The number of piperidine rings is 1. The summed E-state index contributed by atoms with van der Waals surface area (Å²) >= 11 is 0. The number of aromatic amines is 1. The van der Waals surface area contributed by atoms with Crippen LogP contribution in [0.25, 0.3) is 0 Å². The van der Waals surface area contributed by atoms with Crippen LogP contribution in [0.1, 0.15) is 55.0 Å². The van der Waals surface area contributed by atoms with Gasteiger partial charge < -0.3 is 14.8 Å². The van der Waals surface area contributed by atoms with Gasteiger partial charge in [0, 0.05) is 50.9 Å². The zero-order valence-corrected chi connectivity index (χ0v) is 15.9. The Hall–Kier alpha value is -2.64. The number of carbonyl (C=O) groups excluding carboxylic acids is 2. The highest BCUT2D eigenvalue weighted by atomic mass is 16.2. The lowest BCUT2D eigenvalue weighted by Gasteiger charge is -2.50. The minimum atomic E-state index is -0.400. The van der Waals surface area contributed by atoms with Crippen molar-refractivity contribution in [1.82, 2.24) is 29.5 Å². The van der Waals surface area contributed by atoms with Gasteiger partial charge in [-0.25, -0.2) is 4.98 Å². The van der Waals surface area contributed by atoms with Crippen LogP contribution in [0.4, 0.5) is 0 Å². The molecular formula is C19H26N6O2. The molecule has 0 aliphatic carbocycles. The molecule has 0 atom stereocenters. The predicted octanol–water partition coefficient (Wildman–Crippen LogP) is 1.55. The van der Waals surface area contributed by atoms with Crippen molar-refractivity contribution in [1.29, 1.82) is 0 Å². The minimum absolute atomic E-state index is 0.00984. The monoisotopic (exact) mass is 370 g/mol. The summed E-state index contributed by atoms with van der Waals surface area (Å²) in [7, 11) is 0. The highest BCUT2D eigenvalue weighted by molar-refractivity contribution is 5.92. The van der Waals surface area contributed by atoms with Gasteiger partial charge in [-0.2, -0.15) is 5.10 Å². The fourth-order valence-electron chi connectivity index (χ4n) is 4.55. The Morgan fingerprint density at radius 2 is 2.00 bits per heavy atom. The van der Waals surface area contributed by atoms with Gasteiger partial charge in [0.1, 0.15) is 5.69 Å². The van der Waals surface area contributed by atoms with E-state index in [4.69, 9.17) is 0 Å². The van der Waals surface area contributed by atoms with Crippen LogP contribution >= 0.6 is 0 Å². The first-order valence-corrected chi connectivity index (χ1v) is 9.75. The van der Waals surface area contributed by atoms with Crippen molar-refractivity contribution in [2.45, 2.75) is 51.6 Å². The minimum Gasteiger partial charge on any atom is -0.348 e. The Balaban J connectivity index is 1.59. The highest BCUT2D eigenvalue weighted by Crippen LogP contribution is 2.42.